The Kier molecular flexibility index (Phi) is 5.01. The van der Waals surface area contributed by atoms with Gasteiger partial charge in [-0.1, -0.05) is 6.92 Å². The molecule has 0 saturated carbocycles. The maximum Gasteiger partial charge on any atom is 0.243 e. The van der Waals surface area contributed by atoms with E-state index in [1.807, 2.05) is 6.92 Å². The molecule has 0 spiro atoms. The number of hydrogen-bond donors (Lipinski definition) is 1. The normalized spacial score (nSPS) is 18.1. The molecule has 0 bridgehead atoms. The zero-order valence-corrected chi connectivity index (χ0v) is 13.6. The van der Waals surface area contributed by atoms with Crippen molar-refractivity contribution in [2.45, 2.75) is 44.6 Å². The van der Waals surface area contributed by atoms with Gasteiger partial charge in [-0.3, -0.25) is 0 Å². The standard InChI is InChI=1S/C15H23FN2O2S/c1-4-17-14-5-7-18(8-6-14)21(19,20)15-11(2)9-13(16)10-12(15)3/h9-10,14,17H,4-8H2,1-3H3. The predicted molar refractivity (Wildman–Crippen MR) is 81.3 cm³/mol. The lowest BCUT2D eigenvalue weighted by atomic mass is 10.1. The van der Waals surface area contributed by atoms with Crippen molar-refractivity contribution in [3.63, 3.8) is 0 Å². The number of halogens is 1. The zero-order valence-electron chi connectivity index (χ0n) is 12.8. The van der Waals surface area contributed by atoms with E-state index in [2.05, 4.69) is 5.32 Å². The molecule has 0 radical (unpaired) electrons. The van der Waals surface area contributed by atoms with Crippen molar-refractivity contribution in [1.29, 1.82) is 0 Å². The summed E-state index contributed by atoms with van der Waals surface area (Å²) in [6, 6.07) is 2.95. The second kappa shape index (κ2) is 6.42. The average molecular weight is 314 g/mol. The Hall–Kier alpha value is -0.980. The fourth-order valence-corrected chi connectivity index (χ4v) is 4.90. The fourth-order valence-electron chi connectivity index (χ4n) is 3.02. The first-order valence-electron chi connectivity index (χ1n) is 7.36. The Morgan fingerprint density at radius 2 is 1.76 bits per heavy atom. The zero-order chi connectivity index (χ0) is 15.6. The van der Waals surface area contributed by atoms with Crippen molar-refractivity contribution >= 4 is 10.0 Å². The van der Waals surface area contributed by atoms with E-state index in [0.717, 1.165) is 19.4 Å². The van der Waals surface area contributed by atoms with Gasteiger partial charge in [-0.25, -0.2) is 12.8 Å². The molecule has 0 unspecified atom stereocenters. The quantitative estimate of drug-likeness (QED) is 0.927. The molecule has 0 aromatic heterocycles. The minimum absolute atomic E-state index is 0.255. The molecular weight excluding hydrogens is 291 g/mol. The highest BCUT2D eigenvalue weighted by atomic mass is 32.2. The Labute approximate surface area is 126 Å². The summed E-state index contributed by atoms with van der Waals surface area (Å²) in [4.78, 5) is 0.255. The molecule has 0 atom stereocenters. The molecule has 21 heavy (non-hydrogen) atoms. The number of nitrogens with one attached hydrogen (secondary N) is 1. The SMILES string of the molecule is CCNC1CCN(S(=O)(=O)c2c(C)cc(F)cc2C)CC1. The van der Waals surface area contributed by atoms with Crippen molar-refractivity contribution in [3.05, 3.63) is 29.1 Å². The monoisotopic (exact) mass is 314 g/mol. The lowest BCUT2D eigenvalue weighted by Crippen LogP contribution is -2.45. The molecule has 0 aliphatic carbocycles. The molecule has 4 nitrogen and oxygen atoms in total. The smallest absolute Gasteiger partial charge is 0.243 e. The number of hydrogen-bond acceptors (Lipinski definition) is 3. The molecule has 118 valence electrons. The molecular formula is C15H23FN2O2S. The first-order valence-corrected chi connectivity index (χ1v) is 8.80. The third-order valence-electron chi connectivity index (χ3n) is 3.97. The summed E-state index contributed by atoms with van der Waals surface area (Å²) in [6.45, 7) is 7.26. The van der Waals surface area contributed by atoms with Crippen LogP contribution in [0.3, 0.4) is 0 Å². The highest BCUT2D eigenvalue weighted by Gasteiger charge is 2.31. The van der Waals surface area contributed by atoms with Crippen molar-refractivity contribution < 1.29 is 12.8 Å². The van der Waals surface area contributed by atoms with E-state index >= 15 is 0 Å². The molecule has 1 fully saturated rings. The van der Waals surface area contributed by atoms with Crippen molar-refractivity contribution in [3.8, 4) is 0 Å². The van der Waals surface area contributed by atoms with Crippen LogP contribution in [0, 0.1) is 19.7 Å². The third kappa shape index (κ3) is 3.44. The van der Waals surface area contributed by atoms with E-state index in [0.29, 0.717) is 30.3 Å². The minimum Gasteiger partial charge on any atom is -0.314 e. The van der Waals surface area contributed by atoms with Gasteiger partial charge < -0.3 is 5.32 Å². The number of rotatable bonds is 4. The van der Waals surface area contributed by atoms with Crippen molar-refractivity contribution in [2.24, 2.45) is 0 Å². The molecule has 2 rings (SSSR count). The van der Waals surface area contributed by atoms with Crippen LogP contribution in [-0.4, -0.2) is 38.4 Å². The number of benzene rings is 1. The van der Waals surface area contributed by atoms with Gasteiger partial charge in [0.2, 0.25) is 10.0 Å². The van der Waals surface area contributed by atoms with Crippen LogP contribution in [0.5, 0.6) is 0 Å². The van der Waals surface area contributed by atoms with E-state index in [1.165, 1.54) is 16.4 Å². The van der Waals surface area contributed by atoms with Gasteiger partial charge in [0.1, 0.15) is 5.82 Å². The second-order valence-corrected chi connectivity index (χ2v) is 7.48. The first-order chi connectivity index (χ1) is 9.86. The third-order valence-corrected chi connectivity index (χ3v) is 6.17. The molecule has 0 amide bonds. The maximum atomic E-state index is 13.4. The summed E-state index contributed by atoms with van der Waals surface area (Å²) < 4.78 is 40.5. The molecule has 1 saturated heterocycles. The lowest BCUT2D eigenvalue weighted by molar-refractivity contribution is 0.292. The summed E-state index contributed by atoms with van der Waals surface area (Å²) in [5, 5.41) is 3.36. The highest BCUT2D eigenvalue weighted by Crippen LogP contribution is 2.27. The van der Waals surface area contributed by atoms with E-state index in [9.17, 15) is 12.8 Å². The van der Waals surface area contributed by atoms with E-state index in [1.54, 1.807) is 13.8 Å². The van der Waals surface area contributed by atoms with Crippen molar-refractivity contribution in [1.82, 2.24) is 9.62 Å². The molecule has 1 aromatic carbocycles. The number of nitrogens with zero attached hydrogens (tertiary/aromatic N) is 1. The number of piperidine rings is 1. The predicted octanol–water partition coefficient (Wildman–Crippen LogP) is 2.21. The summed E-state index contributed by atoms with van der Waals surface area (Å²) >= 11 is 0. The van der Waals surface area contributed by atoms with Gasteiger partial charge in [-0.2, -0.15) is 4.31 Å². The van der Waals surface area contributed by atoms with Crippen LogP contribution in [0.1, 0.15) is 30.9 Å². The Bertz CT molecular complexity index is 585. The molecule has 1 aliphatic heterocycles. The Morgan fingerprint density at radius 1 is 1.24 bits per heavy atom. The van der Waals surface area contributed by atoms with Gasteiger partial charge in [0.25, 0.3) is 0 Å². The first kappa shape index (κ1) is 16.4. The minimum atomic E-state index is -3.54. The van der Waals surface area contributed by atoms with Crippen LogP contribution < -0.4 is 5.32 Å². The molecule has 1 N–H and O–H groups in total. The average Bonchev–Trinajstić information content (AvgIpc) is 2.38. The van der Waals surface area contributed by atoms with E-state index in [-0.39, 0.29) is 4.90 Å². The van der Waals surface area contributed by atoms with Crippen LogP contribution in [0.2, 0.25) is 0 Å². The lowest BCUT2D eigenvalue weighted by Gasteiger charge is -2.32. The van der Waals surface area contributed by atoms with Gasteiger partial charge in [0.15, 0.2) is 0 Å². The largest absolute Gasteiger partial charge is 0.314 e. The highest BCUT2D eigenvalue weighted by molar-refractivity contribution is 7.89. The number of sulfonamides is 1. The topological polar surface area (TPSA) is 49.4 Å². The van der Waals surface area contributed by atoms with E-state index in [4.69, 9.17) is 0 Å². The summed E-state index contributed by atoms with van der Waals surface area (Å²) in [6.07, 6.45) is 1.62. The van der Waals surface area contributed by atoms with Crippen LogP contribution in [0.15, 0.2) is 17.0 Å². The van der Waals surface area contributed by atoms with Crippen LogP contribution >= 0.6 is 0 Å². The van der Waals surface area contributed by atoms with Crippen LogP contribution in [-0.2, 0) is 10.0 Å². The molecule has 6 heteroatoms. The summed E-state index contributed by atoms with van der Waals surface area (Å²) in [5.74, 6) is -0.394. The Morgan fingerprint density at radius 3 is 2.24 bits per heavy atom. The van der Waals surface area contributed by atoms with Gasteiger partial charge in [0, 0.05) is 19.1 Å². The van der Waals surface area contributed by atoms with Crippen molar-refractivity contribution in [2.75, 3.05) is 19.6 Å². The van der Waals surface area contributed by atoms with Crippen LogP contribution in [0.25, 0.3) is 0 Å². The van der Waals surface area contributed by atoms with Gasteiger partial charge in [0.05, 0.1) is 4.90 Å². The van der Waals surface area contributed by atoms with E-state index < -0.39 is 15.8 Å². The second-order valence-electron chi connectivity index (χ2n) is 5.60. The fraction of sp³-hybridized carbons (Fsp3) is 0.600. The van der Waals surface area contributed by atoms with Gasteiger partial charge >= 0.3 is 0 Å². The van der Waals surface area contributed by atoms with Crippen LogP contribution in [0.4, 0.5) is 4.39 Å². The van der Waals surface area contributed by atoms with Gasteiger partial charge in [-0.15, -0.1) is 0 Å². The molecule has 1 aliphatic rings. The number of aryl methyl sites for hydroxylation is 2. The summed E-state index contributed by atoms with van der Waals surface area (Å²) in [7, 11) is -3.54. The van der Waals surface area contributed by atoms with Gasteiger partial charge in [-0.05, 0) is 56.5 Å². The molecule has 1 heterocycles. The molecule has 1 aromatic rings. The Balaban J connectivity index is 2.24. The summed E-state index contributed by atoms with van der Waals surface area (Å²) in [5.41, 5.74) is 0.947. The maximum absolute atomic E-state index is 13.4.